The molecule has 0 unspecified atom stereocenters. The number of pyridine rings is 1. The SMILES string of the molecule is CN(C(=O)OC(C)(C)C)c1ccc(N)nc1N1CCC(F)(F)CC1. The Kier molecular flexibility index (Phi) is 4.87. The second kappa shape index (κ2) is 6.41. The first-order valence-electron chi connectivity index (χ1n) is 7.84. The summed E-state index contributed by atoms with van der Waals surface area (Å²) >= 11 is 0. The van der Waals surface area contributed by atoms with Crippen molar-refractivity contribution in [3.8, 4) is 0 Å². The normalized spacial score (nSPS) is 17.5. The maximum absolute atomic E-state index is 13.4. The molecule has 1 fully saturated rings. The van der Waals surface area contributed by atoms with Crippen molar-refractivity contribution < 1.29 is 18.3 Å². The highest BCUT2D eigenvalue weighted by molar-refractivity contribution is 5.91. The van der Waals surface area contributed by atoms with Crippen LogP contribution in [-0.2, 0) is 4.74 Å². The van der Waals surface area contributed by atoms with E-state index >= 15 is 0 Å². The number of nitrogen functional groups attached to an aromatic ring is 1. The van der Waals surface area contributed by atoms with Crippen molar-refractivity contribution in [2.45, 2.75) is 45.1 Å². The first-order valence-corrected chi connectivity index (χ1v) is 7.84. The van der Waals surface area contributed by atoms with Crippen LogP contribution in [0.5, 0.6) is 0 Å². The van der Waals surface area contributed by atoms with Crippen molar-refractivity contribution >= 4 is 23.4 Å². The number of alkyl halides is 2. The van der Waals surface area contributed by atoms with Gasteiger partial charge in [0.2, 0.25) is 0 Å². The molecule has 0 aromatic carbocycles. The molecule has 0 saturated carbocycles. The van der Waals surface area contributed by atoms with Crippen LogP contribution in [0.15, 0.2) is 12.1 Å². The van der Waals surface area contributed by atoms with Crippen molar-refractivity contribution in [1.82, 2.24) is 4.98 Å². The summed E-state index contributed by atoms with van der Waals surface area (Å²) in [7, 11) is 1.56. The molecule has 0 aliphatic carbocycles. The van der Waals surface area contributed by atoms with Gasteiger partial charge in [-0.25, -0.2) is 18.6 Å². The van der Waals surface area contributed by atoms with Crippen LogP contribution in [0.1, 0.15) is 33.6 Å². The van der Waals surface area contributed by atoms with Crippen LogP contribution in [0.4, 0.5) is 30.9 Å². The molecular formula is C16H24F2N4O2. The third-order valence-electron chi connectivity index (χ3n) is 3.70. The van der Waals surface area contributed by atoms with Crippen LogP contribution in [0.2, 0.25) is 0 Å². The van der Waals surface area contributed by atoms with Crippen LogP contribution >= 0.6 is 0 Å². The van der Waals surface area contributed by atoms with E-state index in [2.05, 4.69) is 4.98 Å². The number of hydrogen-bond acceptors (Lipinski definition) is 5. The van der Waals surface area contributed by atoms with Gasteiger partial charge in [0.25, 0.3) is 5.92 Å². The molecule has 0 spiro atoms. The highest BCUT2D eigenvalue weighted by atomic mass is 19.3. The van der Waals surface area contributed by atoms with Crippen molar-refractivity contribution in [3.05, 3.63) is 12.1 Å². The molecule has 8 heteroatoms. The lowest BCUT2D eigenvalue weighted by Gasteiger charge is -2.35. The standard InChI is InChI=1S/C16H24F2N4O2/c1-15(2,3)24-14(23)21(4)11-5-6-12(19)20-13(11)22-9-7-16(17,18)8-10-22/h5-6H,7-10H2,1-4H3,(H2,19,20). The number of aromatic nitrogens is 1. The number of ether oxygens (including phenoxy) is 1. The molecule has 2 heterocycles. The average molecular weight is 342 g/mol. The van der Waals surface area contributed by atoms with Gasteiger partial charge in [0.1, 0.15) is 11.4 Å². The minimum atomic E-state index is -2.66. The van der Waals surface area contributed by atoms with Crippen molar-refractivity contribution in [3.63, 3.8) is 0 Å². The first kappa shape index (κ1) is 18.2. The molecule has 0 bridgehead atoms. The van der Waals surface area contributed by atoms with E-state index in [0.29, 0.717) is 11.5 Å². The third kappa shape index (κ3) is 4.46. The Labute approximate surface area is 140 Å². The molecule has 24 heavy (non-hydrogen) atoms. The Balaban J connectivity index is 2.26. The number of carbonyl (C=O) groups is 1. The third-order valence-corrected chi connectivity index (χ3v) is 3.70. The topological polar surface area (TPSA) is 71.7 Å². The fourth-order valence-electron chi connectivity index (χ4n) is 2.42. The number of hydrogen-bond donors (Lipinski definition) is 1. The molecule has 2 rings (SSSR count). The van der Waals surface area contributed by atoms with E-state index in [1.165, 1.54) is 4.90 Å². The zero-order valence-electron chi connectivity index (χ0n) is 14.5. The molecule has 1 amide bonds. The highest BCUT2D eigenvalue weighted by Crippen LogP contribution is 2.34. The number of amides is 1. The van der Waals surface area contributed by atoms with Gasteiger partial charge in [-0.3, -0.25) is 4.90 Å². The summed E-state index contributed by atoms with van der Waals surface area (Å²) in [5.74, 6) is -1.98. The molecule has 6 nitrogen and oxygen atoms in total. The lowest BCUT2D eigenvalue weighted by Crippen LogP contribution is -2.41. The summed E-state index contributed by atoms with van der Waals surface area (Å²) in [6.07, 6.45) is -1.05. The van der Waals surface area contributed by atoms with E-state index in [0.717, 1.165) is 0 Å². The van der Waals surface area contributed by atoms with Gasteiger partial charge in [0.05, 0.1) is 5.69 Å². The maximum atomic E-state index is 13.4. The number of piperidine rings is 1. The predicted molar refractivity (Wildman–Crippen MR) is 89.7 cm³/mol. The van der Waals surface area contributed by atoms with Gasteiger partial charge < -0.3 is 15.4 Å². The summed E-state index contributed by atoms with van der Waals surface area (Å²) < 4.78 is 32.1. The summed E-state index contributed by atoms with van der Waals surface area (Å²) in [4.78, 5) is 19.6. The summed E-state index contributed by atoms with van der Waals surface area (Å²) in [5, 5.41) is 0. The van der Waals surface area contributed by atoms with Gasteiger partial charge in [0.15, 0.2) is 5.82 Å². The number of nitrogens with zero attached hydrogens (tertiary/aromatic N) is 3. The Morgan fingerprint density at radius 3 is 2.46 bits per heavy atom. The van der Waals surface area contributed by atoms with Gasteiger partial charge in [-0.2, -0.15) is 0 Å². The Morgan fingerprint density at radius 2 is 1.92 bits per heavy atom. The fraction of sp³-hybridized carbons (Fsp3) is 0.625. The Morgan fingerprint density at radius 1 is 1.33 bits per heavy atom. The van der Waals surface area contributed by atoms with Gasteiger partial charge in [-0.15, -0.1) is 0 Å². The molecule has 1 aromatic heterocycles. The minimum absolute atomic E-state index is 0.151. The number of rotatable bonds is 2. The number of nitrogens with two attached hydrogens (primary N) is 1. The largest absolute Gasteiger partial charge is 0.443 e. The van der Waals surface area contributed by atoms with E-state index in [-0.39, 0.29) is 31.7 Å². The molecule has 134 valence electrons. The van der Waals surface area contributed by atoms with Crippen LogP contribution in [0.25, 0.3) is 0 Å². The zero-order chi connectivity index (χ0) is 18.1. The van der Waals surface area contributed by atoms with Gasteiger partial charge in [-0.05, 0) is 32.9 Å². The Hall–Kier alpha value is -2.12. The second-order valence-electron chi connectivity index (χ2n) is 6.96. The summed E-state index contributed by atoms with van der Waals surface area (Å²) in [6, 6.07) is 3.21. The average Bonchev–Trinajstić information content (AvgIpc) is 2.44. The van der Waals surface area contributed by atoms with E-state index in [1.54, 1.807) is 44.9 Å². The quantitative estimate of drug-likeness (QED) is 0.893. The van der Waals surface area contributed by atoms with E-state index in [4.69, 9.17) is 10.5 Å². The van der Waals surface area contributed by atoms with Crippen molar-refractivity contribution in [1.29, 1.82) is 0 Å². The smallest absolute Gasteiger partial charge is 0.414 e. The maximum Gasteiger partial charge on any atom is 0.414 e. The zero-order valence-corrected chi connectivity index (χ0v) is 14.5. The summed E-state index contributed by atoms with van der Waals surface area (Å²) in [5.41, 5.74) is 5.58. The van der Waals surface area contributed by atoms with Crippen LogP contribution < -0.4 is 15.5 Å². The number of halogens is 2. The van der Waals surface area contributed by atoms with E-state index < -0.39 is 17.6 Å². The monoisotopic (exact) mass is 342 g/mol. The van der Waals surface area contributed by atoms with Gasteiger partial charge in [-0.1, -0.05) is 0 Å². The minimum Gasteiger partial charge on any atom is -0.443 e. The number of carbonyl (C=O) groups excluding carboxylic acids is 1. The molecular weight excluding hydrogens is 318 g/mol. The van der Waals surface area contributed by atoms with E-state index in [1.807, 2.05) is 0 Å². The van der Waals surface area contributed by atoms with Crippen LogP contribution in [0.3, 0.4) is 0 Å². The van der Waals surface area contributed by atoms with E-state index in [9.17, 15) is 13.6 Å². The molecule has 1 aliphatic heterocycles. The lowest BCUT2D eigenvalue weighted by atomic mass is 10.1. The highest BCUT2D eigenvalue weighted by Gasteiger charge is 2.35. The molecule has 0 atom stereocenters. The van der Waals surface area contributed by atoms with Crippen molar-refractivity contribution in [2.24, 2.45) is 0 Å². The molecule has 2 N–H and O–H groups in total. The van der Waals surface area contributed by atoms with Gasteiger partial charge in [0, 0.05) is 33.0 Å². The first-order chi connectivity index (χ1) is 11.0. The predicted octanol–water partition coefficient (Wildman–Crippen LogP) is 3.27. The molecule has 1 saturated heterocycles. The Bertz CT molecular complexity index is 607. The number of anilines is 3. The molecule has 0 radical (unpaired) electrons. The second-order valence-corrected chi connectivity index (χ2v) is 6.96. The van der Waals surface area contributed by atoms with Crippen molar-refractivity contribution in [2.75, 3.05) is 35.7 Å². The molecule has 1 aliphatic rings. The fourth-order valence-corrected chi connectivity index (χ4v) is 2.42. The van der Waals surface area contributed by atoms with Crippen LogP contribution in [0, 0.1) is 0 Å². The lowest BCUT2D eigenvalue weighted by molar-refractivity contribution is -0.0221. The van der Waals surface area contributed by atoms with Gasteiger partial charge >= 0.3 is 6.09 Å². The summed E-state index contributed by atoms with van der Waals surface area (Å²) in [6.45, 7) is 5.62. The van der Waals surface area contributed by atoms with Crippen LogP contribution in [-0.4, -0.2) is 42.7 Å². The molecule has 1 aromatic rings.